The Labute approximate surface area is 168 Å². The average Bonchev–Trinajstić information content (AvgIpc) is 3.23. The second kappa shape index (κ2) is 8.05. The normalized spacial score (nSPS) is 21.8. The van der Waals surface area contributed by atoms with Gasteiger partial charge in [-0.25, -0.2) is 0 Å². The van der Waals surface area contributed by atoms with Crippen LogP contribution in [0.15, 0.2) is 54.6 Å². The van der Waals surface area contributed by atoms with Gasteiger partial charge in [-0.3, -0.25) is 14.9 Å². The first-order valence-electron chi connectivity index (χ1n) is 9.68. The van der Waals surface area contributed by atoms with Crippen LogP contribution < -0.4 is 10.6 Å². The highest BCUT2D eigenvalue weighted by Crippen LogP contribution is 2.51. The number of hydrogen-bond donors (Lipinski definition) is 2. The van der Waals surface area contributed by atoms with Crippen molar-refractivity contribution < 1.29 is 14.5 Å². The number of nitrogens with zero attached hydrogens (tertiary/aromatic N) is 1. The van der Waals surface area contributed by atoms with Crippen LogP contribution in [0, 0.1) is 16.0 Å². The molecule has 0 bridgehead atoms. The molecule has 0 saturated carbocycles. The largest absolute Gasteiger partial charge is 0.383 e. The maximum Gasteiger partial charge on any atom is 0.274 e. The van der Waals surface area contributed by atoms with Crippen molar-refractivity contribution in [2.75, 3.05) is 25.6 Å². The van der Waals surface area contributed by atoms with Gasteiger partial charge in [-0.1, -0.05) is 42.5 Å². The number of rotatable bonds is 6. The second-order valence-electron chi connectivity index (χ2n) is 7.31. The Morgan fingerprint density at radius 2 is 2.03 bits per heavy atom. The maximum atomic E-state index is 12.8. The molecule has 4 rings (SSSR count). The molecular weight excluding hydrogens is 370 g/mol. The van der Waals surface area contributed by atoms with Gasteiger partial charge in [0.2, 0.25) is 0 Å². The van der Waals surface area contributed by atoms with Crippen molar-refractivity contribution >= 4 is 17.3 Å². The summed E-state index contributed by atoms with van der Waals surface area (Å²) in [5, 5.41) is 18.0. The summed E-state index contributed by atoms with van der Waals surface area (Å²) >= 11 is 0. The molecule has 7 heteroatoms. The number of fused-ring (bicyclic) bond motifs is 3. The predicted molar refractivity (Wildman–Crippen MR) is 110 cm³/mol. The second-order valence-corrected chi connectivity index (χ2v) is 7.31. The Morgan fingerprint density at radius 3 is 2.83 bits per heavy atom. The Kier molecular flexibility index (Phi) is 5.31. The van der Waals surface area contributed by atoms with Gasteiger partial charge in [-0.15, -0.1) is 0 Å². The molecule has 150 valence electrons. The van der Waals surface area contributed by atoms with E-state index in [1.165, 1.54) is 6.07 Å². The molecule has 0 spiro atoms. The lowest BCUT2D eigenvalue weighted by Gasteiger charge is -2.38. The van der Waals surface area contributed by atoms with E-state index in [-0.39, 0.29) is 34.4 Å². The van der Waals surface area contributed by atoms with Gasteiger partial charge in [0, 0.05) is 25.6 Å². The van der Waals surface area contributed by atoms with Gasteiger partial charge in [0.15, 0.2) is 0 Å². The summed E-state index contributed by atoms with van der Waals surface area (Å²) in [7, 11) is 1.59. The predicted octanol–water partition coefficient (Wildman–Crippen LogP) is 3.80. The number of ether oxygens (including phenoxy) is 1. The Morgan fingerprint density at radius 1 is 1.24 bits per heavy atom. The van der Waals surface area contributed by atoms with Gasteiger partial charge in [0.1, 0.15) is 0 Å². The molecule has 1 aliphatic heterocycles. The molecule has 3 unspecified atom stereocenters. The number of nitro benzene ring substituents is 1. The van der Waals surface area contributed by atoms with Crippen LogP contribution in [0.5, 0.6) is 0 Å². The molecular formula is C22H23N3O4. The molecule has 0 radical (unpaired) electrons. The number of nitrogens with one attached hydrogen (secondary N) is 2. The Balaban J connectivity index is 1.75. The SMILES string of the molecule is COCCNC(=O)c1cccc2c1NC(c1ccccc1[N+](=O)[O-])C1CC=CC21. The topological polar surface area (TPSA) is 93.5 Å². The minimum absolute atomic E-state index is 0.0983. The van der Waals surface area contributed by atoms with Crippen LogP contribution in [0.2, 0.25) is 0 Å². The third-order valence-corrected chi connectivity index (χ3v) is 5.70. The lowest BCUT2D eigenvalue weighted by atomic mass is 9.76. The number of anilines is 1. The molecule has 2 aromatic carbocycles. The number of methoxy groups -OCH3 is 1. The summed E-state index contributed by atoms with van der Waals surface area (Å²) in [6.45, 7) is 0.846. The minimum Gasteiger partial charge on any atom is -0.383 e. The maximum absolute atomic E-state index is 12.8. The van der Waals surface area contributed by atoms with Crippen LogP contribution >= 0.6 is 0 Å². The summed E-state index contributed by atoms with van der Waals surface area (Å²) in [4.78, 5) is 24.0. The van der Waals surface area contributed by atoms with E-state index in [2.05, 4.69) is 22.8 Å². The number of para-hydroxylation sites is 2. The van der Waals surface area contributed by atoms with Gasteiger partial charge < -0.3 is 15.4 Å². The van der Waals surface area contributed by atoms with Crippen LogP contribution in [0.1, 0.15) is 39.9 Å². The third-order valence-electron chi connectivity index (χ3n) is 5.70. The van der Waals surface area contributed by atoms with E-state index in [4.69, 9.17) is 4.74 Å². The zero-order valence-electron chi connectivity index (χ0n) is 16.1. The zero-order valence-corrected chi connectivity index (χ0v) is 16.1. The third kappa shape index (κ3) is 3.49. The molecule has 3 atom stereocenters. The number of amides is 1. The number of allylic oxidation sites excluding steroid dienone is 2. The van der Waals surface area contributed by atoms with Crippen molar-refractivity contribution in [3.8, 4) is 0 Å². The molecule has 2 N–H and O–H groups in total. The van der Waals surface area contributed by atoms with E-state index in [1.54, 1.807) is 25.3 Å². The molecule has 1 heterocycles. The molecule has 0 saturated heterocycles. The van der Waals surface area contributed by atoms with Crippen LogP contribution in [-0.4, -0.2) is 31.1 Å². The molecule has 2 aromatic rings. The van der Waals surface area contributed by atoms with Gasteiger partial charge in [-0.05, 0) is 24.0 Å². The Bertz CT molecular complexity index is 972. The summed E-state index contributed by atoms with van der Waals surface area (Å²) < 4.78 is 5.00. The van der Waals surface area contributed by atoms with Crippen molar-refractivity contribution in [3.05, 3.63) is 81.4 Å². The average molecular weight is 393 g/mol. The number of hydrogen-bond acceptors (Lipinski definition) is 5. The first-order valence-corrected chi connectivity index (χ1v) is 9.68. The van der Waals surface area contributed by atoms with Crippen LogP contribution in [0.3, 0.4) is 0 Å². The number of carbonyl (C=O) groups is 1. The van der Waals surface area contributed by atoms with Crippen molar-refractivity contribution in [2.45, 2.75) is 18.4 Å². The zero-order chi connectivity index (χ0) is 20.4. The van der Waals surface area contributed by atoms with E-state index in [0.29, 0.717) is 24.3 Å². The molecule has 1 aliphatic carbocycles. The number of nitro groups is 1. The molecule has 1 amide bonds. The van der Waals surface area contributed by atoms with E-state index in [1.807, 2.05) is 18.2 Å². The van der Waals surface area contributed by atoms with E-state index >= 15 is 0 Å². The van der Waals surface area contributed by atoms with Gasteiger partial charge in [-0.2, -0.15) is 0 Å². The van der Waals surface area contributed by atoms with Crippen molar-refractivity contribution in [2.24, 2.45) is 5.92 Å². The minimum atomic E-state index is -0.340. The lowest BCUT2D eigenvalue weighted by Crippen LogP contribution is -2.33. The van der Waals surface area contributed by atoms with Gasteiger partial charge >= 0.3 is 0 Å². The van der Waals surface area contributed by atoms with E-state index < -0.39 is 0 Å². The fraction of sp³-hybridized carbons (Fsp3) is 0.318. The lowest BCUT2D eigenvalue weighted by molar-refractivity contribution is -0.385. The first-order chi connectivity index (χ1) is 14.1. The summed E-state index contributed by atoms with van der Waals surface area (Å²) in [5.74, 6) is 0.0892. The first kappa shape index (κ1) is 19.1. The fourth-order valence-corrected chi connectivity index (χ4v) is 4.40. The van der Waals surface area contributed by atoms with Gasteiger partial charge in [0.25, 0.3) is 11.6 Å². The molecule has 0 aromatic heterocycles. The molecule has 7 nitrogen and oxygen atoms in total. The molecule has 29 heavy (non-hydrogen) atoms. The number of carbonyl (C=O) groups excluding carboxylic acids is 1. The monoisotopic (exact) mass is 393 g/mol. The van der Waals surface area contributed by atoms with Crippen LogP contribution in [0.4, 0.5) is 11.4 Å². The highest BCUT2D eigenvalue weighted by Gasteiger charge is 2.41. The van der Waals surface area contributed by atoms with Crippen molar-refractivity contribution in [1.82, 2.24) is 5.32 Å². The van der Waals surface area contributed by atoms with E-state index in [9.17, 15) is 14.9 Å². The highest BCUT2D eigenvalue weighted by molar-refractivity contribution is 6.00. The number of benzene rings is 2. The highest BCUT2D eigenvalue weighted by atomic mass is 16.6. The van der Waals surface area contributed by atoms with Crippen LogP contribution in [-0.2, 0) is 4.74 Å². The van der Waals surface area contributed by atoms with Crippen molar-refractivity contribution in [1.29, 1.82) is 0 Å². The quantitative estimate of drug-likeness (QED) is 0.337. The summed E-state index contributed by atoms with van der Waals surface area (Å²) in [6, 6.07) is 12.3. The molecule has 2 aliphatic rings. The van der Waals surface area contributed by atoms with E-state index in [0.717, 1.165) is 17.7 Å². The van der Waals surface area contributed by atoms with Gasteiger partial charge in [0.05, 0.1) is 34.4 Å². The smallest absolute Gasteiger partial charge is 0.274 e. The summed E-state index contributed by atoms with van der Waals surface area (Å²) in [5.41, 5.74) is 3.09. The van der Waals surface area contributed by atoms with Crippen LogP contribution in [0.25, 0.3) is 0 Å². The molecule has 0 fully saturated rings. The fourth-order valence-electron chi connectivity index (χ4n) is 4.40. The summed E-state index contributed by atoms with van der Waals surface area (Å²) in [6.07, 6.45) is 5.11. The van der Waals surface area contributed by atoms with Crippen molar-refractivity contribution in [3.63, 3.8) is 0 Å². The Hall–Kier alpha value is -3.19. The standard InChI is InChI=1S/C22H23N3O4/c1-29-13-12-23-22(26)18-10-5-9-16-14-7-4-8-15(14)20(24-21(16)18)17-6-2-3-11-19(17)25(27)28/h2-7,9-11,14-15,20,24H,8,12-13H2,1H3,(H,23,26).